The second-order valence-electron chi connectivity index (χ2n) is 9.54. The zero-order valence-corrected chi connectivity index (χ0v) is 22.6. The Morgan fingerprint density at radius 2 is 1.41 bits per heavy atom. The van der Waals surface area contributed by atoms with Gasteiger partial charge < -0.3 is 14.8 Å². The van der Waals surface area contributed by atoms with Crippen LogP contribution in [0, 0.1) is 0 Å². The minimum atomic E-state index is -4.31. The van der Waals surface area contributed by atoms with Crippen LogP contribution in [0.5, 0.6) is 11.5 Å². The van der Waals surface area contributed by atoms with Crippen LogP contribution in [0.3, 0.4) is 0 Å². The van der Waals surface area contributed by atoms with E-state index < -0.39 is 11.7 Å². The molecule has 1 aliphatic rings. The molecule has 204 valence electrons. The minimum absolute atomic E-state index is 0.271. The van der Waals surface area contributed by atoms with Crippen LogP contribution in [0.25, 0.3) is 21.7 Å². The van der Waals surface area contributed by atoms with Gasteiger partial charge in [-0.1, -0.05) is 23.5 Å². The van der Waals surface area contributed by atoms with Gasteiger partial charge in [0.1, 0.15) is 11.5 Å². The fourth-order valence-electron chi connectivity index (χ4n) is 4.73. The van der Waals surface area contributed by atoms with Crippen LogP contribution in [0.4, 0.5) is 18.3 Å². The first-order valence-corrected chi connectivity index (χ1v) is 13.6. The van der Waals surface area contributed by atoms with Gasteiger partial charge in [-0.3, -0.25) is 4.90 Å². The molecule has 1 aliphatic heterocycles. The molecule has 0 atom stereocenters. The third-order valence-electron chi connectivity index (χ3n) is 6.95. The van der Waals surface area contributed by atoms with E-state index in [-0.39, 0.29) is 6.04 Å². The summed E-state index contributed by atoms with van der Waals surface area (Å²) < 4.78 is 49.2. The molecule has 1 N–H and O–H groups in total. The molecule has 1 fully saturated rings. The van der Waals surface area contributed by atoms with E-state index in [2.05, 4.69) is 10.2 Å². The number of anilines is 1. The average Bonchev–Trinajstić information content (AvgIpc) is 3.37. The van der Waals surface area contributed by atoms with E-state index in [1.807, 2.05) is 48.5 Å². The topological polar surface area (TPSA) is 46.6 Å². The number of methoxy groups -OCH3 is 2. The summed E-state index contributed by atoms with van der Waals surface area (Å²) in [7, 11) is 3.30. The number of thiazole rings is 1. The number of halogens is 3. The van der Waals surface area contributed by atoms with Gasteiger partial charge in [0.2, 0.25) is 0 Å². The Hall–Kier alpha value is -3.56. The highest BCUT2D eigenvalue weighted by atomic mass is 32.1. The molecule has 0 spiro atoms. The maximum atomic E-state index is 12.8. The van der Waals surface area contributed by atoms with Crippen molar-refractivity contribution in [3.8, 4) is 33.2 Å². The SMILES string of the molecule is COc1ccc(-c2nc(NC3CCN(Cc4ccc(C(F)(F)F)cc4)CC3)sc2-c2ccc(OC)cc2)cc1. The van der Waals surface area contributed by atoms with Crippen molar-refractivity contribution >= 4 is 16.5 Å². The van der Waals surface area contributed by atoms with Gasteiger partial charge in [-0.15, -0.1) is 0 Å². The lowest BCUT2D eigenvalue weighted by atomic mass is 10.0. The van der Waals surface area contributed by atoms with Crippen molar-refractivity contribution in [1.29, 1.82) is 0 Å². The average molecular weight is 554 g/mol. The highest BCUT2D eigenvalue weighted by molar-refractivity contribution is 7.19. The van der Waals surface area contributed by atoms with E-state index in [4.69, 9.17) is 14.5 Å². The Balaban J connectivity index is 1.27. The summed E-state index contributed by atoms with van der Waals surface area (Å²) in [5.74, 6) is 1.59. The molecule has 1 saturated heterocycles. The zero-order chi connectivity index (χ0) is 27.4. The van der Waals surface area contributed by atoms with E-state index in [0.717, 1.165) is 82.0 Å². The molecule has 3 aromatic carbocycles. The van der Waals surface area contributed by atoms with E-state index in [0.29, 0.717) is 6.54 Å². The van der Waals surface area contributed by atoms with Gasteiger partial charge in [-0.2, -0.15) is 13.2 Å². The number of nitrogens with zero attached hydrogens (tertiary/aromatic N) is 2. The first kappa shape index (κ1) is 27.0. The van der Waals surface area contributed by atoms with Crippen LogP contribution >= 0.6 is 11.3 Å². The predicted octanol–water partition coefficient (Wildman–Crippen LogP) is 7.59. The number of benzene rings is 3. The van der Waals surface area contributed by atoms with E-state index in [1.54, 1.807) is 37.7 Å². The van der Waals surface area contributed by atoms with Gasteiger partial charge in [0.05, 0.1) is 30.4 Å². The molecule has 4 aromatic rings. The second-order valence-corrected chi connectivity index (χ2v) is 10.5. The van der Waals surface area contributed by atoms with Crippen LogP contribution in [0.1, 0.15) is 24.0 Å². The lowest BCUT2D eigenvalue weighted by Gasteiger charge is -2.32. The summed E-state index contributed by atoms with van der Waals surface area (Å²) >= 11 is 1.63. The normalized spacial score (nSPS) is 14.8. The molecular weight excluding hydrogens is 523 g/mol. The number of hydrogen-bond donors (Lipinski definition) is 1. The summed E-state index contributed by atoms with van der Waals surface area (Å²) in [4.78, 5) is 8.35. The number of nitrogens with one attached hydrogen (secondary N) is 1. The Kier molecular flexibility index (Phi) is 8.09. The summed E-state index contributed by atoms with van der Waals surface area (Å²) in [5.41, 5.74) is 3.27. The Morgan fingerprint density at radius 1 is 0.846 bits per heavy atom. The molecule has 1 aromatic heterocycles. The Labute approximate surface area is 230 Å². The van der Waals surface area contributed by atoms with Crippen LogP contribution < -0.4 is 14.8 Å². The number of alkyl halides is 3. The van der Waals surface area contributed by atoms with Gasteiger partial charge in [-0.05, 0) is 84.6 Å². The maximum Gasteiger partial charge on any atom is 0.416 e. The van der Waals surface area contributed by atoms with E-state index >= 15 is 0 Å². The summed E-state index contributed by atoms with van der Waals surface area (Å²) in [5, 5.41) is 4.51. The first-order chi connectivity index (χ1) is 18.8. The zero-order valence-electron chi connectivity index (χ0n) is 21.8. The molecule has 0 bridgehead atoms. The van der Waals surface area contributed by atoms with Crippen molar-refractivity contribution < 1.29 is 22.6 Å². The Morgan fingerprint density at radius 3 is 1.95 bits per heavy atom. The first-order valence-electron chi connectivity index (χ1n) is 12.8. The second kappa shape index (κ2) is 11.7. The molecule has 9 heteroatoms. The third kappa shape index (κ3) is 6.54. The van der Waals surface area contributed by atoms with E-state index in [9.17, 15) is 13.2 Å². The van der Waals surface area contributed by atoms with Crippen molar-refractivity contribution in [1.82, 2.24) is 9.88 Å². The molecule has 0 radical (unpaired) electrons. The monoisotopic (exact) mass is 553 g/mol. The van der Waals surface area contributed by atoms with Crippen LogP contribution in [-0.2, 0) is 12.7 Å². The van der Waals surface area contributed by atoms with Gasteiger partial charge in [0, 0.05) is 31.2 Å². The van der Waals surface area contributed by atoms with Crippen molar-refractivity contribution in [2.75, 3.05) is 32.6 Å². The summed E-state index contributed by atoms with van der Waals surface area (Å²) in [6.07, 6.45) is -2.45. The minimum Gasteiger partial charge on any atom is -0.497 e. The van der Waals surface area contributed by atoms with Crippen molar-refractivity contribution in [3.05, 3.63) is 83.9 Å². The quantitative estimate of drug-likeness (QED) is 0.244. The fourth-order valence-corrected chi connectivity index (χ4v) is 5.80. The van der Waals surface area contributed by atoms with Gasteiger partial charge >= 0.3 is 6.18 Å². The lowest BCUT2D eigenvalue weighted by molar-refractivity contribution is -0.137. The van der Waals surface area contributed by atoms with Crippen molar-refractivity contribution in [3.63, 3.8) is 0 Å². The maximum absolute atomic E-state index is 12.8. The Bertz CT molecular complexity index is 1300. The lowest BCUT2D eigenvalue weighted by Crippen LogP contribution is -2.38. The van der Waals surface area contributed by atoms with Gasteiger partial charge in [0.15, 0.2) is 5.13 Å². The van der Waals surface area contributed by atoms with Crippen molar-refractivity contribution in [2.45, 2.75) is 31.6 Å². The van der Waals surface area contributed by atoms with Crippen LogP contribution in [0.2, 0.25) is 0 Å². The van der Waals surface area contributed by atoms with Crippen LogP contribution in [0.15, 0.2) is 72.8 Å². The van der Waals surface area contributed by atoms with Gasteiger partial charge in [0.25, 0.3) is 0 Å². The molecule has 2 heterocycles. The third-order valence-corrected chi connectivity index (χ3v) is 7.98. The molecule has 5 rings (SSSR count). The predicted molar refractivity (Wildman–Crippen MR) is 149 cm³/mol. The number of hydrogen-bond acceptors (Lipinski definition) is 6. The summed E-state index contributed by atoms with van der Waals surface area (Å²) in [6.45, 7) is 2.37. The van der Waals surface area contributed by atoms with Crippen LogP contribution in [-0.4, -0.2) is 43.2 Å². The standard InChI is InChI=1S/C30H30F3N3O2S/c1-37-25-11-5-21(6-12-25)27-28(22-7-13-26(38-2)14-8-22)39-29(35-27)34-24-15-17-36(18-16-24)19-20-3-9-23(10-4-20)30(31,32)33/h3-14,24H,15-19H2,1-2H3,(H,34,35). The number of piperidine rings is 1. The molecule has 0 aliphatic carbocycles. The number of rotatable bonds is 8. The highest BCUT2D eigenvalue weighted by Gasteiger charge is 2.30. The fraction of sp³-hybridized carbons (Fsp3) is 0.300. The highest BCUT2D eigenvalue weighted by Crippen LogP contribution is 2.40. The van der Waals surface area contributed by atoms with Gasteiger partial charge in [-0.25, -0.2) is 4.98 Å². The molecule has 5 nitrogen and oxygen atoms in total. The molecule has 39 heavy (non-hydrogen) atoms. The van der Waals surface area contributed by atoms with E-state index in [1.165, 1.54) is 0 Å². The molecule has 0 unspecified atom stereocenters. The largest absolute Gasteiger partial charge is 0.497 e. The van der Waals surface area contributed by atoms with Crippen molar-refractivity contribution in [2.24, 2.45) is 0 Å². The number of ether oxygens (including phenoxy) is 2. The molecular formula is C30H30F3N3O2S. The molecule has 0 amide bonds. The molecule has 0 saturated carbocycles. The summed E-state index contributed by atoms with van der Waals surface area (Å²) in [6, 6.07) is 21.6. The number of likely N-dealkylation sites (tertiary alicyclic amines) is 1. The number of aromatic nitrogens is 1. The smallest absolute Gasteiger partial charge is 0.416 e.